The van der Waals surface area contributed by atoms with Crippen molar-refractivity contribution in [2.75, 3.05) is 5.32 Å². The highest BCUT2D eigenvalue weighted by Crippen LogP contribution is 2.17. The molecule has 0 aliphatic rings. The lowest BCUT2D eigenvalue weighted by Crippen LogP contribution is -2.06. The molecule has 4 nitrogen and oxygen atoms in total. The SMILES string of the molecule is C[C@H](Nc1ccc(C#N)nc1)c1ccncc1. The van der Waals surface area contributed by atoms with E-state index in [4.69, 9.17) is 5.26 Å². The van der Waals surface area contributed by atoms with E-state index in [1.54, 1.807) is 24.7 Å². The third-order valence-electron chi connectivity index (χ3n) is 2.47. The minimum absolute atomic E-state index is 0.174. The van der Waals surface area contributed by atoms with Crippen molar-refractivity contribution in [1.82, 2.24) is 9.97 Å². The van der Waals surface area contributed by atoms with Gasteiger partial charge in [0.05, 0.1) is 11.9 Å². The number of nitrogens with one attached hydrogen (secondary N) is 1. The summed E-state index contributed by atoms with van der Waals surface area (Å²) in [5.41, 5.74) is 2.48. The van der Waals surface area contributed by atoms with Crippen molar-refractivity contribution in [3.8, 4) is 6.07 Å². The molecule has 0 bridgehead atoms. The molecule has 17 heavy (non-hydrogen) atoms. The first-order valence-electron chi connectivity index (χ1n) is 5.32. The van der Waals surface area contributed by atoms with E-state index < -0.39 is 0 Å². The van der Waals surface area contributed by atoms with Crippen LogP contribution in [0, 0.1) is 11.3 Å². The largest absolute Gasteiger partial charge is 0.377 e. The van der Waals surface area contributed by atoms with Crippen LogP contribution in [-0.2, 0) is 0 Å². The highest BCUT2D eigenvalue weighted by atomic mass is 14.9. The lowest BCUT2D eigenvalue weighted by atomic mass is 10.1. The van der Waals surface area contributed by atoms with Gasteiger partial charge in [-0.2, -0.15) is 5.26 Å². The Morgan fingerprint density at radius 1 is 1.24 bits per heavy atom. The van der Waals surface area contributed by atoms with Crippen molar-refractivity contribution in [2.45, 2.75) is 13.0 Å². The second-order valence-electron chi connectivity index (χ2n) is 3.69. The van der Waals surface area contributed by atoms with Crippen molar-refractivity contribution in [1.29, 1.82) is 5.26 Å². The lowest BCUT2D eigenvalue weighted by molar-refractivity contribution is 0.879. The van der Waals surface area contributed by atoms with Crippen LogP contribution < -0.4 is 5.32 Å². The molecule has 0 aromatic carbocycles. The van der Waals surface area contributed by atoms with E-state index in [1.165, 1.54) is 0 Å². The second-order valence-corrected chi connectivity index (χ2v) is 3.69. The van der Waals surface area contributed by atoms with Crippen LogP contribution in [-0.4, -0.2) is 9.97 Å². The van der Waals surface area contributed by atoms with Crippen LogP contribution in [0.1, 0.15) is 24.2 Å². The van der Waals surface area contributed by atoms with E-state index in [-0.39, 0.29) is 6.04 Å². The standard InChI is InChI=1S/C13H12N4/c1-10(11-4-6-15-7-5-11)17-13-3-2-12(8-14)16-9-13/h2-7,9-10,17H,1H3/t10-/m0/s1. The number of rotatable bonds is 3. The van der Waals surface area contributed by atoms with Crippen molar-refractivity contribution >= 4 is 5.69 Å². The van der Waals surface area contributed by atoms with Crippen molar-refractivity contribution < 1.29 is 0 Å². The average molecular weight is 224 g/mol. The molecule has 1 N–H and O–H groups in total. The molecule has 4 heteroatoms. The minimum Gasteiger partial charge on any atom is -0.377 e. The second kappa shape index (κ2) is 5.08. The molecule has 0 unspecified atom stereocenters. The summed E-state index contributed by atoms with van der Waals surface area (Å²) in [6, 6.07) is 9.65. The first-order chi connectivity index (χ1) is 8.29. The molecule has 2 aromatic rings. The summed E-state index contributed by atoms with van der Waals surface area (Å²) in [5.74, 6) is 0. The zero-order valence-corrected chi connectivity index (χ0v) is 9.46. The molecule has 0 saturated carbocycles. The van der Waals surface area contributed by atoms with E-state index in [9.17, 15) is 0 Å². The molecular weight excluding hydrogens is 212 g/mol. The normalized spacial score (nSPS) is 11.5. The van der Waals surface area contributed by atoms with Gasteiger partial charge in [0.1, 0.15) is 11.8 Å². The van der Waals surface area contributed by atoms with E-state index in [0.717, 1.165) is 11.3 Å². The molecule has 0 fully saturated rings. The number of pyridine rings is 2. The number of nitriles is 1. The first kappa shape index (κ1) is 11.1. The average Bonchev–Trinajstić information content (AvgIpc) is 2.40. The van der Waals surface area contributed by atoms with Gasteiger partial charge in [0, 0.05) is 18.4 Å². The molecule has 2 heterocycles. The van der Waals surface area contributed by atoms with Gasteiger partial charge in [-0.15, -0.1) is 0 Å². The van der Waals surface area contributed by atoms with Gasteiger partial charge in [0.15, 0.2) is 0 Å². The fraction of sp³-hybridized carbons (Fsp3) is 0.154. The lowest BCUT2D eigenvalue weighted by Gasteiger charge is -2.14. The van der Waals surface area contributed by atoms with Gasteiger partial charge in [0.25, 0.3) is 0 Å². The molecule has 0 aliphatic carbocycles. The molecule has 2 aromatic heterocycles. The van der Waals surface area contributed by atoms with Crippen LogP contribution in [0.25, 0.3) is 0 Å². The Morgan fingerprint density at radius 2 is 2.00 bits per heavy atom. The van der Waals surface area contributed by atoms with Gasteiger partial charge in [0.2, 0.25) is 0 Å². The number of hydrogen-bond acceptors (Lipinski definition) is 4. The topological polar surface area (TPSA) is 61.6 Å². The highest BCUT2D eigenvalue weighted by molar-refractivity contribution is 5.44. The van der Waals surface area contributed by atoms with Gasteiger partial charge < -0.3 is 5.32 Å². The van der Waals surface area contributed by atoms with Gasteiger partial charge in [-0.25, -0.2) is 4.98 Å². The van der Waals surface area contributed by atoms with E-state index in [1.807, 2.05) is 24.3 Å². The summed E-state index contributed by atoms with van der Waals surface area (Å²) in [7, 11) is 0. The van der Waals surface area contributed by atoms with Crippen LogP contribution in [0.5, 0.6) is 0 Å². The Balaban J connectivity index is 2.08. The van der Waals surface area contributed by atoms with Crippen LogP contribution in [0.2, 0.25) is 0 Å². The number of hydrogen-bond donors (Lipinski definition) is 1. The molecule has 0 aliphatic heterocycles. The van der Waals surface area contributed by atoms with Gasteiger partial charge >= 0.3 is 0 Å². The minimum atomic E-state index is 0.174. The maximum atomic E-state index is 8.65. The van der Waals surface area contributed by atoms with Crippen LogP contribution in [0.4, 0.5) is 5.69 Å². The first-order valence-corrected chi connectivity index (χ1v) is 5.32. The maximum Gasteiger partial charge on any atom is 0.140 e. The van der Waals surface area contributed by atoms with Crippen LogP contribution in [0.15, 0.2) is 42.9 Å². The Morgan fingerprint density at radius 3 is 2.59 bits per heavy atom. The summed E-state index contributed by atoms with van der Waals surface area (Å²) in [6.07, 6.45) is 5.20. The third-order valence-corrected chi connectivity index (χ3v) is 2.47. The number of aromatic nitrogens is 2. The van der Waals surface area contributed by atoms with Gasteiger partial charge in [-0.1, -0.05) is 0 Å². The summed E-state index contributed by atoms with van der Waals surface area (Å²) in [4.78, 5) is 7.99. The predicted octanol–water partition coefficient (Wildman–Crippen LogP) is 2.52. The molecule has 0 saturated heterocycles. The number of nitrogens with zero attached hydrogens (tertiary/aromatic N) is 3. The van der Waals surface area contributed by atoms with Crippen molar-refractivity contribution in [3.63, 3.8) is 0 Å². The fourth-order valence-corrected chi connectivity index (χ4v) is 1.53. The zero-order valence-electron chi connectivity index (χ0n) is 9.46. The quantitative estimate of drug-likeness (QED) is 0.870. The van der Waals surface area contributed by atoms with Gasteiger partial charge in [-0.3, -0.25) is 4.98 Å². The van der Waals surface area contributed by atoms with Crippen molar-refractivity contribution in [3.05, 3.63) is 54.1 Å². The van der Waals surface area contributed by atoms with Crippen LogP contribution >= 0.6 is 0 Å². The highest BCUT2D eigenvalue weighted by Gasteiger charge is 2.04. The monoisotopic (exact) mass is 224 g/mol. The maximum absolute atomic E-state index is 8.65. The summed E-state index contributed by atoms with van der Waals surface area (Å²) < 4.78 is 0. The van der Waals surface area contributed by atoms with E-state index in [0.29, 0.717) is 5.69 Å². The number of anilines is 1. The Kier molecular flexibility index (Phi) is 3.31. The Bertz CT molecular complexity index is 513. The van der Waals surface area contributed by atoms with E-state index in [2.05, 4.69) is 22.2 Å². The molecular formula is C13H12N4. The fourth-order valence-electron chi connectivity index (χ4n) is 1.53. The van der Waals surface area contributed by atoms with Crippen LogP contribution in [0.3, 0.4) is 0 Å². The molecule has 1 atom stereocenters. The smallest absolute Gasteiger partial charge is 0.140 e. The molecule has 2 rings (SSSR count). The van der Waals surface area contributed by atoms with Gasteiger partial charge in [-0.05, 0) is 36.8 Å². The molecule has 0 amide bonds. The predicted molar refractivity (Wildman–Crippen MR) is 65.2 cm³/mol. The third kappa shape index (κ3) is 2.79. The molecule has 84 valence electrons. The molecule has 0 spiro atoms. The van der Waals surface area contributed by atoms with E-state index >= 15 is 0 Å². The summed E-state index contributed by atoms with van der Waals surface area (Å²) in [5, 5.41) is 12.0. The zero-order chi connectivity index (χ0) is 12.1. The molecule has 0 radical (unpaired) electrons. The summed E-state index contributed by atoms with van der Waals surface area (Å²) >= 11 is 0. The Labute approximate surface area is 100.0 Å². The summed E-state index contributed by atoms with van der Waals surface area (Å²) in [6.45, 7) is 2.06. The Hall–Kier alpha value is -2.41. The van der Waals surface area contributed by atoms with Crippen molar-refractivity contribution in [2.24, 2.45) is 0 Å².